The number of nitro groups is 1. The van der Waals surface area contributed by atoms with Gasteiger partial charge in [-0.15, -0.1) is 0 Å². The first kappa shape index (κ1) is 27.8. The number of benzene rings is 3. The lowest BCUT2D eigenvalue weighted by molar-refractivity contribution is -0.384. The van der Waals surface area contributed by atoms with E-state index < -0.39 is 16.9 Å². The second kappa shape index (κ2) is 11.7. The van der Waals surface area contributed by atoms with Gasteiger partial charge in [0.15, 0.2) is 0 Å². The van der Waals surface area contributed by atoms with E-state index >= 15 is 0 Å². The van der Waals surface area contributed by atoms with E-state index in [1.807, 2.05) is 32.9 Å². The molecule has 39 heavy (non-hydrogen) atoms. The zero-order valence-corrected chi connectivity index (χ0v) is 22.9. The molecule has 0 saturated carbocycles. The van der Waals surface area contributed by atoms with Crippen LogP contribution in [0.15, 0.2) is 65.5 Å². The number of unbranched alkanes of at least 4 members (excludes halogenated alkanes) is 1. The van der Waals surface area contributed by atoms with Crippen molar-refractivity contribution in [1.29, 1.82) is 0 Å². The van der Waals surface area contributed by atoms with Crippen LogP contribution in [0, 0.1) is 17.0 Å². The Hall–Kier alpha value is -4.24. The molecular formula is C29H29ClN4O5. The van der Waals surface area contributed by atoms with Gasteiger partial charge >= 0.3 is 0 Å². The van der Waals surface area contributed by atoms with E-state index in [1.54, 1.807) is 35.2 Å². The van der Waals surface area contributed by atoms with E-state index in [1.165, 1.54) is 29.9 Å². The minimum atomic E-state index is -0.669. The number of ether oxygens (including phenoxy) is 1. The third kappa shape index (κ3) is 5.49. The van der Waals surface area contributed by atoms with Gasteiger partial charge in [0.25, 0.3) is 17.2 Å². The minimum absolute atomic E-state index is 0.0212. The Morgan fingerprint density at radius 2 is 1.92 bits per heavy atom. The molecule has 1 unspecified atom stereocenters. The number of carbonyl (C=O) groups excluding carboxylic acids is 1. The summed E-state index contributed by atoms with van der Waals surface area (Å²) in [6.45, 7) is 6.09. The number of carbonyl (C=O) groups is 1. The number of amides is 1. The van der Waals surface area contributed by atoms with Crippen molar-refractivity contribution in [2.45, 2.75) is 39.7 Å². The van der Waals surface area contributed by atoms with Gasteiger partial charge in [-0.2, -0.15) is 0 Å². The number of aryl methyl sites for hydroxylation is 1. The number of hydrogen-bond acceptors (Lipinski definition) is 6. The number of para-hydroxylation sites is 1. The Kier molecular flexibility index (Phi) is 8.30. The van der Waals surface area contributed by atoms with E-state index in [2.05, 4.69) is 0 Å². The van der Waals surface area contributed by atoms with E-state index in [0.29, 0.717) is 41.1 Å². The summed E-state index contributed by atoms with van der Waals surface area (Å²) in [5, 5.41) is 11.6. The molecule has 1 atom stereocenters. The van der Waals surface area contributed by atoms with Crippen molar-refractivity contribution in [2.75, 3.05) is 13.7 Å². The Bertz CT molecular complexity index is 1620. The van der Waals surface area contributed by atoms with Crippen molar-refractivity contribution in [3.8, 4) is 11.4 Å². The maximum Gasteiger partial charge on any atom is 0.270 e. The molecular weight excluding hydrogens is 520 g/mol. The van der Waals surface area contributed by atoms with E-state index in [-0.39, 0.29) is 21.8 Å². The topological polar surface area (TPSA) is 108 Å². The van der Waals surface area contributed by atoms with Crippen molar-refractivity contribution in [3.05, 3.63) is 103 Å². The second-order valence-electron chi connectivity index (χ2n) is 9.25. The molecule has 0 aliphatic heterocycles. The molecule has 0 fully saturated rings. The fourth-order valence-electron chi connectivity index (χ4n) is 4.52. The van der Waals surface area contributed by atoms with Crippen molar-refractivity contribution < 1.29 is 14.5 Å². The van der Waals surface area contributed by atoms with Gasteiger partial charge in [-0.05, 0) is 56.2 Å². The van der Waals surface area contributed by atoms with Crippen molar-refractivity contribution in [3.63, 3.8) is 0 Å². The van der Waals surface area contributed by atoms with Gasteiger partial charge in [-0.1, -0.05) is 43.1 Å². The van der Waals surface area contributed by atoms with Gasteiger partial charge in [-0.25, -0.2) is 4.98 Å². The first-order chi connectivity index (χ1) is 18.7. The summed E-state index contributed by atoms with van der Waals surface area (Å²) >= 11 is 6.35. The second-order valence-corrected chi connectivity index (χ2v) is 9.66. The normalized spacial score (nSPS) is 11.8. The predicted molar refractivity (Wildman–Crippen MR) is 151 cm³/mol. The van der Waals surface area contributed by atoms with Crippen LogP contribution in [0.25, 0.3) is 16.6 Å². The summed E-state index contributed by atoms with van der Waals surface area (Å²) < 4.78 is 7.11. The van der Waals surface area contributed by atoms with E-state index in [4.69, 9.17) is 21.3 Å². The molecule has 10 heteroatoms. The van der Waals surface area contributed by atoms with Gasteiger partial charge in [-0.3, -0.25) is 24.3 Å². The van der Waals surface area contributed by atoms with Crippen molar-refractivity contribution in [2.24, 2.45) is 0 Å². The number of aromatic nitrogens is 2. The van der Waals surface area contributed by atoms with Crippen LogP contribution in [0.3, 0.4) is 0 Å². The molecule has 0 N–H and O–H groups in total. The highest BCUT2D eigenvalue weighted by molar-refractivity contribution is 6.34. The molecule has 0 spiro atoms. The van der Waals surface area contributed by atoms with Gasteiger partial charge < -0.3 is 9.64 Å². The maximum absolute atomic E-state index is 13.9. The van der Waals surface area contributed by atoms with Crippen LogP contribution in [0.2, 0.25) is 5.02 Å². The number of methoxy groups -OCH3 is 1. The smallest absolute Gasteiger partial charge is 0.270 e. The summed E-state index contributed by atoms with van der Waals surface area (Å²) in [5.74, 6) is 0.421. The number of hydrogen-bond donors (Lipinski definition) is 0. The van der Waals surface area contributed by atoms with Crippen molar-refractivity contribution >= 4 is 34.1 Å². The molecule has 9 nitrogen and oxygen atoms in total. The van der Waals surface area contributed by atoms with Crippen molar-refractivity contribution in [1.82, 2.24) is 14.5 Å². The lowest BCUT2D eigenvalue weighted by Crippen LogP contribution is -2.38. The summed E-state index contributed by atoms with van der Waals surface area (Å²) in [4.78, 5) is 44.9. The number of nitro benzene ring substituents is 1. The van der Waals surface area contributed by atoms with E-state index in [9.17, 15) is 19.7 Å². The SMILES string of the molecule is CCCCN(C(=O)c1ccc([N+](=O)[O-])cc1Cl)C(C)c1nc2ccccc2c(=O)n1-c1cc(C)ccc1OC. The van der Waals surface area contributed by atoms with Gasteiger partial charge in [0, 0.05) is 18.7 Å². The molecule has 1 aromatic heterocycles. The largest absolute Gasteiger partial charge is 0.495 e. The molecule has 0 saturated heterocycles. The van der Waals surface area contributed by atoms with Crippen LogP contribution in [-0.2, 0) is 0 Å². The maximum atomic E-state index is 13.9. The van der Waals surface area contributed by atoms with Gasteiger partial charge in [0.2, 0.25) is 0 Å². The summed E-state index contributed by atoms with van der Waals surface area (Å²) in [6.07, 6.45) is 1.50. The molecule has 3 aromatic carbocycles. The molecule has 0 radical (unpaired) electrons. The van der Waals surface area contributed by atoms with Crippen LogP contribution >= 0.6 is 11.6 Å². The molecule has 202 valence electrons. The number of rotatable bonds is 9. The standard InChI is InChI=1S/C29H29ClN4O5/c1-5-6-15-32(28(35)21-13-12-20(34(37)38)17-23(21)30)19(3)27-31-24-10-8-7-9-22(24)29(36)33(27)25-16-18(2)11-14-26(25)39-4/h7-14,16-17,19H,5-6,15H2,1-4H3. The van der Waals surface area contributed by atoms with E-state index in [0.717, 1.165) is 12.0 Å². The first-order valence-corrected chi connectivity index (χ1v) is 13.0. The molecule has 0 aliphatic rings. The lowest BCUT2D eigenvalue weighted by Gasteiger charge is -2.31. The molecule has 0 aliphatic carbocycles. The van der Waals surface area contributed by atoms with Crippen LogP contribution in [0.1, 0.15) is 54.5 Å². The molecule has 0 bridgehead atoms. The number of nitrogens with zero attached hydrogens (tertiary/aromatic N) is 4. The average molecular weight is 549 g/mol. The fraction of sp³-hybridized carbons (Fsp3) is 0.276. The highest BCUT2D eigenvalue weighted by Crippen LogP contribution is 2.31. The molecule has 4 rings (SSSR count). The molecule has 1 heterocycles. The van der Waals surface area contributed by atoms with Crippen LogP contribution < -0.4 is 10.3 Å². The van der Waals surface area contributed by atoms with Gasteiger partial charge in [0.1, 0.15) is 11.6 Å². The number of non-ortho nitro benzene ring substituents is 1. The molecule has 1 amide bonds. The Labute approximate surface area is 230 Å². The number of halogens is 1. The van der Waals surface area contributed by atoms with Crippen LogP contribution in [0.4, 0.5) is 5.69 Å². The van der Waals surface area contributed by atoms with Crippen LogP contribution in [-0.4, -0.2) is 38.9 Å². The minimum Gasteiger partial charge on any atom is -0.495 e. The monoisotopic (exact) mass is 548 g/mol. The first-order valence-electron chi connectivity index (χ1n) is 12.6. The lowest BCUT2D eigenvalue weighted by atomic mass is 10.1. The quantitative estimate of drug-likeness (QED) is 0.180. The Balaban J connectivity index is 1.94. The third-order valence-corrected chi connectivity index (χ3v) is 6.94. The highest BCUT2D eigenvalue weighted by Gasteiger charge is 2.29. The molecule has 4 aromatic rings. The zero-order chi connectivity index (χ0) is 28.3. The Morgan fingerprint density at radius 3 is 2.59 bits per heavy atom. The zero-order valence-electron chi connectivity index (χ0n) is 22.2. The fourth-order valence-corrected chi connectivity index (χ4v) is 4.78. The number of fused-ring (bicyclic) bond motifs is 1. The predicted octanol–water partition coefficient (Wildman–Crippen LogP) is 6.27. The summed E-state index contributed by atoms with van der Waals surface area (Å²) in [6, 6.07) is 15.7. The average Bonchev–Trinajstić information content (AvgIpc) is 2.92. The summed E-state index contributed by atoms with van der Waals surface area (Å²) in [5.41, 5.74) is 1.57. The van der Waals surface area contributed by atoms with Crippen LogP contribution in [0.5, 0.6) is 5.75 Å². The van der Waals surface area contributed by atoms with Gasteiger partial charge in [0.05, 0.1) is 45.3 Å². The summed E-state index contributed by atoms with van der Waals surface area (Å²) in [7, 11) is 1.53. The highest BCUT2D eigenvalue weighted by atomic mass is 35.5. The Morgan fingerprint density at radius 1 is 1.18 bits per heavy atom. The third-order valence-electron chi connectivity index (χ3n) is 6.63.